The third kappa shape index (κ3) is 5.67. The second-order valence-electron chi connectivity index (χ2n) is 10.8. The van der Waals surface area contributed by atoms with Crippen LogP contribution in [-0.4, -0.2) is 45.3 Å². The minimum atomic E-state index is -0.816. The molecule has 1 aliphatic heterocycles. The van der Waals surface area contributed by atoms with Gasteiger partial charge in [0.25, 0.3) is 5.91 Å². The predicted octanol–water partition coefficient (Wildman–Crippen LogP) is 3.73. The molecule has 1 spiro atoms. The Morgan fingerprint density at radius 2 is 2.18 bits per heavy atom. The van der Waals surface area contributed by atoms with E-state index in [2.05, 4.69) is 54.0 Å². The Labute approximate surface area is 201 Å². The van der Waals surface area contributed by atoms with Gasteiger partial charge in [-0.3, -0.25) is 4.79 Å². The van der Waals surface area contributed by atoms with E-state index in [9.17, 15) is 9.90 Å². The monoisotopic (exact) mass is 468 g/mol. The number of amides is 1. The van der Waals surface area contributed by atoms with E-state index in [1.807, 2.05) is 6.20 Å². The Balaban J connectivity index is 1.47. The molecular weight excluding hydrogens is 432 g/mol. The molecule has 0 aromatic carbocycles. The standard InChI is InChI=1S/C26H36N4O4/c1-5-7-19(30-23(32)21-15-33-16-29-21)22(31)14-27-20-12-26(8-6-9-26)34-24-18(20)10-17(13-28-24)11-25(2,3)4/h5,10,13,15-16,19-20,22,27,31H,1,6-9,11-12,14H2,2-4H3,(H,30,32)/t19-,20-,22+/m0/s1. The van der Waals surface area contributed by atoms with Gasteiger partial charge in [0, 0.05) is 30.8 Å². The van der Waals surface area contributed by atoms with Gasteiger partial charge in [-0.1, -0.05) is 26.8 Å². The summed E-state index contributed by atoms with van der Waals surface area (Å²) in [4.78, 5) is 21.0. The van der Waals surface area contributed by atoms with E-state index >= 15 is 0 Å². The number of carbonyl (C=O) groups excluding carboxylic acids is 1. The molecule has 2 aromatic heterocycles. The highest BCUT2D eigenvalue weighted by Gasteiger charge is 2.46. The van der Waals surface area contributed by atoms with Crippen LogP contribution in [-0.2, 0) is 6.42 Å². The van der Waals surface area contributed by atoms with E-state index < -0.39 is 12.1 Å². The molecule has 1 amide bonds. The van der Waals surface area contributed by atoms with Crippen LogP contribution in [0, 0.1) is 5.41 Å². The van der Waals surface area contributed by atoms with Crippen molar-refractivity contribution >= 4 is 5.91 Å². The van der Waals surface area contributed by atoms with Crippen LogP contribution in [0.1, 0.15) is 80.5 Å². The number of oxazole rings is 1. The van der Waals surface area contributed by atoms with Crippen molar-refractivity contribution in [3.8, 4) is 5.88 Å². The highest BCUT2D eigenvalue weighted by atomic mass is 16.5. The van der Waals surface area contributed by atoms with Crippen molar-refractivity contribution in [3.63, 3.8) is 0 Å². The molecule has 2 aliphatic rings. The quantitative estimate of drug-likeness (QED) is 0.481. The number of ether oxygens (including phenoxy) is 1. The molecule has 1 fully saturated rings. The van der Waals surface area contributed by atoms with Gasteiger partial charge in [-0.05, 0) is 49.1 Å². The van der Waals surface area contributed by atoms with Crippen molar-refractivity contribution in [1.29, 1.82) is 0 Å². The molecule has 2 aromatic rings. The Kier molecular flexibility index (Phi) is 7.09. The number of aliphatic hydroxyl groups is 1. The number of rotatable bonds is 9. The molecule has 34 heavy (non-hydrogen) atoms. The maximum atomic E-state index is 12.4. The smallest absolute Gasteiger partial charge is 0.273 e. The van der Waals surface area contributed by atoms with E-state index in [-0.39, 0.29) is 28.7 Å². The summed E-state index contributed by atoms with van der Waals surface area (Å²) in [6.45, 7) is 10.7. The molecule has 184 valence electrons. The first-order valence-corrected chi connectivity index (χ1v) is 12.1. The van der Waals surface area contributed by atoms with Crippen molar-refractivity contribution in [3.05, 3.63) is 54.4 Å². The van der Waals surface area contributed by atoms with E-state index in [0.29, 0.717) is 18.8 Å². The van der Waals surface area contributed by atoms with Gasteiger partial charge in [-0.25, -0.2) is 9.97 Å². The third-order valence-electron chi connectivity index (χ3n) is 6.64. The summed E-state index contributed by atoms with van der Waals surface area (Å²) in [7, 11) is 0. The van der Waals surface area contributed by atoms with Crippen LogP contribution in [0.5, 0.6) is 5.88 Å². The minimum Gasteiger partial charge on any atom is -0.471 e. The number of nitrogens with zero attached hydrogens (tertiary/aromatic N) is 2. The van der Waals surface area contributed by atoms with Crippen molar-refractivity contribution < 1.29 is 19.1 Å². The molecular formula is C26H36N4O4. The zero-order chi connectivity index (χ0) is 24.3. The molecule has 1 aliphatic carbocycles. The van der Waals surface area contributed by atoms with Gasteiger partial charge in [0.15, 0.2) is 12.1 Å². The topological polar surface area (TPSA) is 110 Å². The molecule has 3 atom stereocenters. The van der Waals surface area contributed by atoms with Crippen LogP contribution in [0.25, 0.3) is 0 Å². The zero-order valence-corrected chi connectivity index (χ0v) is 20.3. The third-order valence-corrected chi connectivity index (χ3v) is 6.64. The summed E-state index contributed by atoms with van der Waals surface area (Å²) >= 11 is 0. The van der Waals surface area contributed by atoms with Crippen LogP contribution < -0.4 is 15.4 Å². The number of fused-ring (bicyclic) bond motifs is 1. The maximum absolute atomic E-state index is 12.4. The number of carbonyl (C=O) groups is 1. The molecule has 8 heteroatoms. The Bertz CT molecular complexity index is 995. The lowest BCUT2D eigenvalue weighted by atomic mass is 9.73. The van der Waals surface area contributed by atoms with Gasteiger partial charge in [-0.15, -0.1) is 6.58 Å². The van der Waals surface area contributed by atoms with Gasteiger partial charge in [0.05, 0.1) is 12.1 Å². The van der Waals surface area contributed by atoms with Crippen LogP contribution in [0.3, 0.4) is 0 Å². The lowest BCUT2D eigenvalue weighted by molar-refractivity contribution is -0.0420. The summed E-state index contributed by atoms with van der Waals surface area (Å²) in [6.07, 6.45) is 10.7. The van der Waals surface area contributed by atoms with Crippen LogP contribution in [0.15, 0.2) is 42.0 Å². The fourth-order valence-corrected chi connectivity index (χ4v) is 4.81. The SMILES string of the molecule is C=CC[C@H](NC(=O)c1cocn1)[C@H](O)CN[C@H]1CC2(CCC2)Oc2ncc(CC(C)(C)C)cc21. The maximum Gasteiger partial charge on any atom is 0.273 e. The van der Waals surface area contributed by atoms with Crippen molar-refractivity contribution in [1.82, 2.24) is 20.6 Å². The predicted molar refractivity (Wildman–Crippen MR) is 129 cm³/mol. The fraction of sp³-hybridized carbons (Fsp3) is 0.577. The summed E-state index contributed by atoms with van der Waals surface area (Å²) in [6, 6.07) is 1.70. The lowest BCUT2D eigenvalue weighted by Crippen LogP contribution is -2.52. The zero-order valence-electron chi connectivity index (χ0n) is 20.3. The first-order chi connectivity index (χ1) is 16.2. The van der Waals surface area contributed by atoms with Crippen molar-refractivity contribution in [2.24, 2.45) is 5.41 Å². The molecule has 0 radical (unpaired) electrons. The van der Waals surface area contributed by atoms with E-state index in [1.54, 1.807) is 6.08 Å². The second kappa shape index (κ2) is 9.88. The normalized spacial score (nSPS) is 20.5. The molecule has 3 heterocycles. The van der Waals surface area contributed by atoms with Gasteiger partial charge in [-0.2, -0.15) is 0 Å². The van der Waals surface area contributed by atoms with Crippen LogP contribution >= 0.6 is 0 Å². The highest BCUT2D eigenvalue weighted by molar-refractivity contribution is 5.92. The molecule has 0 bridgehead atoms. The number of aromatic nitrogens is 2. The largest absolute Gasteiger partial charge is 0.471 e. The Morgan fingerprint density at radius 1 is 1.38 bits per heavy atom. The van der Waals surface area contributed by atoms with E-state index in [0.717, 1.165) is 37.7 Å². The minimum absolute atomic E-state index is 0.0155. The first kappa shape index (κ1) is 24.4. The molecule has 0 saturated heterocycles. The first-order valence-electron chi connectivity index (χ1n) is 12.1. The number of pyridine rings is 1. The summed E-state index contributed by atoms with van der Waals surface area (Å²) < 4.78 is 11.2. The Morgan fingerprint density at radius 3 is 2.79 bits per heavy atom. The molecule has 1 saturated carbocycles. The molecule has 4 rings (SSSR count). The van der Waals surface area contributed by atoms with E-state index in [1.165, 1.54) is 18.2 Å². The highest BCUT2D eigenvalue weighted by Crippen LogP contribution is 2.48. The fourth-order valence-electron chi connectivity index (χ4n) is 4.81. The van der Waals surface area contributed by atoms with Gasteiger partial charge in [0.2, 0.25) is 5.88 Å². The number of aliphatic hydroxyl groups excluding tert-OH is 1. The average Bonchev–Trinajstić information content (AvgIpc) is 3.30. The van der Waals surface area contributed by atoms with Gasteiger partial charge in [0.1, 0.15) is 11.9 Å². The molecule has 0 unspecified atom stereocenters. The van der Waals surface area contributed by atoms with E-state index in [4.69, 9.17) is 9.15 Å². The van der Waals surface area contributed by atoms with Crippen LogP contribution in [0.2, 0.25) is 0 Å². The number of hydrogen-bond donors (Lipinski definition) is 3. The Hall–Kier alpha value is -2.71. The molecule has 8 nitrogen and oxygen atoms in total. The summed E-state index contributed by atoms with van der Waals surface area (Å²) in [5.74, 6) is 0.304. The summed E-state index contributed by atoms with van der Waals surface area (Å²) in [5, 5.41) is 17.3. The van der Waals surface area contributed by atoms with Crippen LogP contribution in [0.4, 0.5) is 0 Å². The molecule has 3 N–H and O–H groups in total. The van der Waals surface area contributed by atoms with Gasteiger partial charge < -0.3 is 24.9 Å². The number of hydrogen-bond acceptors (Lipinski definition) is 7. The number of nitrogens with one attached hydrogen (secondary N) is 2. The van der Waals surface area contributed by atoms with Gasteiger partial charge >= 0.3 is 0 Å². The van der Waals surface area contributed by atoms with Crippen molar-refractivity contribution in [2.45, 2.75) is 83.1 Å². The second-order valence-corrected chi connectivity index (χ2v) is 10.8. The average molecular weight is 469 g/mol. The van der Waals surface area contributed by atoms with Crippen molar-refractivity contribution in [2.75, 3.05) is 6.54 Å². The summed E-state index contributed by atoms with van der Waals surface area (Å²) in [5.41, 5.74) is 2.38. The lowest BCUT2D eigenvalue weighted by Gasteiger charge is -2.47.